The van der Waals surface area contributed by atoms with E-state index >= 15 is 0 Å². The van der Waals surface area contributed by atoms with Crippen LogP contribution >= 0.6 is 0 Å². The summed E-state index contributed by atoms with van der Waals surface area (Å²) >= 11 is 0. The first-order valence-corrected chi connectivity index (χ1v) is 11.5. The highest BCUT2D eigenvalue weighted by Gasteiger charge is 2.27. The second-order valence-corrected chi connectivity index (χ2v) is 8.44. The molecule has 0 spiro atoms. The zero-order valence-electron chi connectivity index (χ0n) is 19.1. The molecule has 2 amide bonds. The molecule has 1 aliphatic rings. The lowest BCUT2D eigenvalue weighted by molar-refractivity contribution is -0.127. The van der Waals surface area contributed by atoms with Gasteiger partial charge in [0.1, 0.15) is 22.8 Å². The van der Waals surface area contributed by atoms with Crippen molar-refractivity contribution in [1.82, 2.24) is 19.5 Å². The Morgan fingerprint density at radius 3 is 2.34 bits per heavy atom. The fourth-order valence-electron chi connectivity index (χ4n) is 4.53. The molecule has 0 bridgehead atoms. The third-order valence-electron chi connectivity index (χ3n) is 6.30. The number of nitrogens with two attached hydrogens (primary N) is 1. The van der Waals surface area contributed by atoms with E-state index < -0.39 is 5.91 Å². The van der Waals surface area contributed by atoms with Crippen LogP contribution in [-0.4, -0.2) is 44.4 Å². The Hall–Kier alpha value is -4.46. The second kappa shape index (κ2) is 9.42. The SMILES string of the molecule is C=CC(=O)N1CCC(c2ccnc3c(C(N)=O)c(-c4ccc(Oc5ccccc5)cc4)nn23)CC1. The van der Waals surface area contributed by atoms with Gasteiger partial charge in [-0.3, -0.25) is 9.59 Å². The number of benzene rings is 2. The summed E-state index contributed by atoms with van der Waals surface area (Å²) in [7, 11) is 0. The highest BCUT2D eigenvalue weighted by Crippen LogP contribution is 2.32. The van der Waals surface area contributed by atoms with Gasteiger partial charge in [-0.2, -0.15) is 5.10 Å². The molecule has 0 unspecified atom stereocenters. The summed E-state index contributed by atoms with van der Waals surface area (Å²) in [6.07, 6.45) is 4.59. The summed E-state index contributed by atoms with van der Waals surface area (Å²) in [5.41, 5.74) is 8.65. The minimum atomic E-state index is -0.587. The molecule has 5 rings (SSSR count). The number of hydrogen-bond acceptors (Lipinski definition) is 5. The van der Waals surface area contributed by atoms with E-state index in [0.717, 1.165) is 29.8 Å². The van der Waals surface area contributed by atoms with Gasteiger partial charge in [0, 0.05) is 36.5 Å². The summed E-state index contributed by atoms with van der Waals surface area (Å²) in [5.74, 6) is 0.935. The molecule has 8 nitrogen and oxygen atoms in total. The average Bonchev–Trinajstić information content (AvgIpc) is 3.29. The van der Waals surface area contributed by atoms with Gasteiger partial charge in [0.25, 0.3) is 5.91 Å². The molecule has 0 aliphatic carbocycles. The quantitative estimate of drug-likeness (QED) is 0.429. The van der Waals surface area contributed by atoms with Crippen molar-refractivity contribution in [3.8, 4) is 22.8 Å². The Morgan fingerprint density at radius 1 is 1.00 bits per heavy atom. The first-order valence-electron chi connectivity index (χ1n) is 11.5. The smallest absolute Gasteiger partial charge is 0.254 e. The van der Waals surface area contributed by atoms with Crippen LogP contribution in [-0.2, 0) is 4.79 Å². The Kier molecular flexibility index (Phi) is 6.01. The summed E-state index contributed by atoms with van der Waals surface area (Å²) in [6.45, 7) is 4.85. The van der Waals surface area contributed by atoms with Crippen LogP contribution in [0.4, 0.5) is 0 Å². The maximum atomic E-state index is 12.5. The molecule has 2 aromatic heterocycles. The monoisotopic (exact) mass is 467 g/mol. The number of nitrogens with zero attached hydrogens (tertiary/aromatic N) is 4. The van der Waals surface area contributed by atoms with Gasteiger partial charge in [0.05, 0.1) is 0 Å². The van der Waals surface area contributed by atoms with E-state index in [-0.39, 0.29) is 17.4 Å². The van der Waals surface area contributed by atoms with Crippen molar-refractivity contribution in [1.29, 1.82) is 0 Å². The van der Waals surface area contributed by atoms with Crippen molar-refractivity contribution in [3.63, 3.8) is 0 Å². The number of primary amides is 1. The van der Waals surface area contributed by atoms with E-state index in [9.17, 15) is 9.59 Å². The first-order chi connectivity index (χ1) is 17.0. The number of aromatic nitrogens is 3. The second-order valence-electron chi connectivity index (χ2n) is 8.44. The standard InChI is InChI=1S/C27H25N5O3/c1-2-23(33)31-16-13-18(14-17-31)22-12-15-29-27-24(26(28)34)25(30-32(22)27)19-8-10-21(11-9-19)35-20-6-4-3-5-7-20/h2-12,15,18H,1,13-14,16-17H2,(H2,28,34). The van der Waals surface area contributed by atoms with Gasteiger partial charge in [-0.25, -0.2) is 9.50 Å². The number of ether oxygens (including phenoxy) is 1. The van der Waals surface area contributed by atoms with Gasteiger partial charge in [-0.15, -0.1) is 0 Å². The predicted molar refractivity (Wildman–Crippen MR) is 132 cm³/mol. The molecule has 3 heterocycles. The minimum absolute atomic E-state index is 0.0552. The van der Waals surface area contributed by atoms with Gasteiger partial charge in [0.15, 0.2) is 5.65 Å². The lowest BCUT2D eigenvalue weighted by Gasteiger charge is -2.31. The molecule has 1 fully saturated rings. The van der Waals surface area contributed by atoms with Crippen LogP contribution < -0.4 is 10.5 Å². The summed E-state index contributed by atoms with van der Waals surface area (Å²) in [4.78, 5) is 30.6. The van der Waals surface area contributed by atoms with Crippen LogP contribution in [0.15, 0.2) is 79.5 Å². The fraction of sp³-hybridized carbons (Fsp3) is 0.185. The number of para-hydroxylation sites is 1. The van der Waals surface area contributed by atoms with Crippen molar-refractivity contribution in [2.45, 2.75) is 18.8 Å². The van der Waals surface area contributed by atoms with Crippen molar-refractivity contribution < 1.29 is 14.3 Å². The van der Waals surface area contributed by atoms with Crippen LogP contribution in [0.25, 0.3) is 16.9 Å². The van der Waals surface area contributed by atoms with Crippen LogP contribution in [0.2, 0.25) is 0 Å². The van der Waals surface area contributed by atoms with Gasteiger partial charge in [-0.05, 0) is 61.4 Å². The van der Waals surface area contributed by atoms with Gasteiger partial charge < -0.3 is 15.4 Å². The van der Waals surface area contributed by atoms with Gasteiger partial charge >= 0.3 is 0 Å². The molecule has 2 N–H and O–H groups in total. The Morgan fingerprint density at radius 2 is 1.69 bits per heavy atom. The summed E-state index contributed by atoms with van der Waals surface area (Å²) in [6, 6.07) is 18.8. The number of piperidine rings is 1. The van der Waals surface area contributed by atoms with Crippen LogP contribution in [0.3, 0.4) is 0 Å². The fourth-order valence-corrected chi connectivity index (χ4v) is 4.53. The average molecular weight is 468 g/mol. The van der Waals surface area contributed by atoms with E-state index in [4.69, 9.17) is 15.6 Å². The third-order valence-corrected chi connectivity index (χ3v) is 6.30. The predicted octanol–water partition coefficient (Wildman–Crippen LogP) is 4.18. The summed E-state index contributed by atoms with van der Waals surface area (Å²) in [5, 5.41) is 4.78. The summed E-state index contributed by atoms with van der Waals surface area (Å²) < 4.78 is 7.60. The molecule has 0 radical (unpaired) electrons. The molecule has 0 atom stereocenters. The number of rotatable bonds is 6. The molecule has 0 saturated carbocycles. The van der Waals surface area contributed by atoms with Crippen molar-refractivity contribution in [3.05, 3.63) is 90.8 Å². The van der Waals surface area contributed by atoms with Crippen molar-refractivity contribution >= 4 is 17.5 Å². The molecule has 4 aromatic rings. The molecule has 176 valence electrons. The highest BCUT2D eigenvalue weighted by atomic mass is 16.5. The number of hydrogen-bond donors (Lipinski definition) is 1. The Labute approximate surface area is 202 Å². The number of fused-ring (bicyclic) bond motifs is 1. The number of amides is 2. The zero-order chi connectivity index (χ0) is 24.4. The first kappa shape index (κ1) is 22.3. The van der Waals surface area contributed by atoms with E-state index in [1.54, 1.807) is 15.6 Å². The Balaban J connectivity index is 1.47. The molecular weight excluding hydrogens is 442 g/mol. The van der Waals surface area contributed by atoms with E-state index in [1.807, 2.05) is 60.7 Å². The van der Waals surface area contributed by atoms with Crippen LogP contribution in [0, 0.1) is 0 Å². The third kappa shape index (κ3) is 4.38. The van der Waals surface area contributed by atoms with Crippen molar-refractivity contribution in [2.24, 2.45) is 5.73 Å². The van der Waals surface area contributed by atoms with Crippen LogP contribution in [0.5, 0.6) is 11.5 Å². The molecule has 1 aliphatic heterocycles. The maximum Gasteiger partial charge on any atom is 0.254 e. The minimum Gasteiger partial charge on any atom is -0.457 e. The lowest BCUT2D eigenvalue weighted by Crippen LogP contribution is -2.37. The zero-order valence-corrected chi connectivity index (χ0v) is 19.1. The van der Waals surface area contributed by atoms with E-state index in [1.165, 1.54) is 6.08 Å². The Bertz CT molecular complexity index is 1390. The maximum absolute atomic E-state index is 12.5. The molecule has 35 heavy (non-hydrogen) atoms. The van der Waals surface area contributed by atoms with Gasteiger partial charge in [0.2, 0.25) is 5.91 Å². The normalized spacial score (nSPS) is 14.1. The van der Waals surface area contributed by atoms with Gasteiger partial charge in [-0.1, -0.05) is 24.8 Å². The van der Waals surface area contributed by atoms with Crippen LogP contribution in [0.1, 0.15) is 34.8 Å². The number of carbonyl (C=O) groups is 2. The van der Waals surface area contributed by atoms with E-state index in [0.29, 0.717) is 30.2 Å². The molecular formula is C27H25N5O3. The van der Waals surface area contributed by atoms with E-state index in [2.05, 4.69) is 11.6 Å². The van der Waals surface area contributed by atoms with Crippen molar-refractivity contribution in [2.75, 3.05) is 13.1 Å². The highest BCUT2D eigenvalue weighted by molar-refractivity contribution is 6.04. The molecule has 1 saturated heterocycles. The number of carbonyl (C=O) groups excluding carboxylic acids is 2. The lowest BCUT2D eigenvalue weighted by atomic mass is 9.93. The molecule has 2 aromatic carbocycles. The topological polar surface area (TPSA) is 103 Å². The molecule has 8 heteroatoms. The number of likely N-dealkylation sites (tertiary alicyclic amines) is 1. The largest absolute Gasteiger partial charge is 0.457 e.